The number of rotatable bonds is 4. The van der Waals surface area contributed by atoms with Gasteiger partial charge < -0.3 is 14.6 Å². The van der Waals surface area contributed by atoms with E-state index in [0.717, 1.165) is 11.1 Å². The molecular formula is C20H26O5. The van der Waals surface area contributed by atoms with Gasteiger partial charge in [-0.2, -0.15) is 0 Å². The topological polar surface area (TPSA) is 72.8 Å². The maximum atomic E-state index is 12.8. The summed E-state index contributed by atoms with van der Waals surface area (Å²) in [5.41, 5.74) is 1.06. The van der Waals surface area contributed by atoms with E-state index in [1.165, 1.54) is 7.11 Å². The quantitative estimate of drug-likeness (QED) is 0.509. The van der Waals surface area contributed by atoms with Crippen molar-refractivity contribution in [3.8, 4) is 11.5 Å². The van der Waals surface area contributed by atoms with Crippen LogP contribution in [0.5, 0.6) is 11.5 Å². The first-order chi connectivity index (χ1) is 11.4. The van der Waals surface area contributed by atoms with Gasteiger partial charge in [0.1, 0.15) is 5.57 Å². The zero-order chi connectivity index (χ0) is 19.2. The van der Waals surface area contributed by atoms with Gasteiger partial charge in [-0.1, -0.05) is 34.6 Å². The molecule has 0 atom stereocenters. The second-order valence-corrected chi connectivity index (χ2v) is 8.05. The van der Waals surface area contributed by atoms with E-state index < -0.39 is 11.4 Å². The van der Waals surface area contributed by atoms with Crippen molar-refractivity contribution < 1.29 is 24.2 Å². The third-order valence-corrected chi connectivity index (χ3v) is 4.62. The van der Waals surface area contributed by atoms with Crippen molar-refractivity contribution in [2.75, 3.05) is 14.2 Å². The minimum absolute atomic E-state index is 0.133. The Bertz CT molecular complexity index is 763. The van der Waals surface area contributed by atoms with Crippen LogP contribution in [0.15, 0.2) is 17.7 Å². The molecule has 1 aromatic carbocycles. The van der Waals surface area contributed by atoms with Gasteiger partial charge in [-0.25, -0.2) is 4.79 Å². The number of Topliss-reactive ketones (excluding diaryl/α,β-unsaturated/α-hetero) is 1. The van der Waals surface area contributed by atoms with Crippen LogP contribution in [0.1, 0.15) is 52.2 Å². The molecule has 2 rings (SSSR count). The maximum absolute atomic E-state index is 12.8. The van der Waals surface area contributed by atoms with Crippen LogP contribution in [0.2, 0.25) is 0 Å². The molecule has 1 aromatic rings. The summed E-state index contributed by atoms with van der Waals surface area (Å²) < 4.78 is 10.7. The first-order valence-electron chi connectivity index (χ1n) is 8.22. The molecule has 5 nitrogen and oxygen atoms in total. The Morgan fingerprint density at radius 2 is 1.60 bits per heavy atom. The van der Waals surface area contributed by atoms with Crippen molar-refractivity contribution in [2.45, 2.75) is 46.5 Å². The third-order valence-electron chi connectivity index (χ3n) is 4.62. The molecule has 136 valence electrons. The van der Waals surface area contributed by atoms with E-state index in [-0.39, 0.29) is 16.8 Å². The summed E-state index contributed by atoms with van der Waals surface area (Å²) in [4.78, 5) is 24.7. The van der Waals surface area contributed by atoms with Gasteiger partial charge >= 0.3 is 5.97 Å². The molecular weight excluding hydrogens is 320 g/mol. The summed E-state index contributed by atoms with van der Waals surface area (Å²) in [5, 5.41) is 9.76. The molecule has 0 fully saturated rings. The van der Waals surface area contributed by atoms with Gasteiger partial charge in [-0.05, 0) is 40.7 Å². The molecule has 0 saturated heterocycles. The van der Waals surface area contributed by atoms with Gasteiger partial charge in [-0.3, -0.25) is 4.79 Å². The summed E-state index contributed by atoms with van der Waals surface area (Å²) >= 11 is 0. The molecule has 0 bridgehead atoms. The molecule has 0 amide bonds. The second kappa shape index (κ2) is 6.21. The highest BCUT2D eigenvalue weighted by Gasteiger charge is 2.40. The van der Waals surface area contributed by atoms with E-state index in [0.29, 0.717) is 23.5 Å². The number of aliphatic carboxylic acids is 1. The fourth-order valence-electron chi connectivity index (χ4n) is 3.28. The Morgan fingerprint density at radius 1 is 1.08 bits per heavy atom. The van der Waals surface area contributed by atoms with Gasteiger partial charge in [-0.15, -0.1) is 0 Å². The van der Waals surface area contributed by atoms with E-state index in [9.17, 15) is 14.7 Å². The number of hydrogen-bond donors (Lipinski definition) is 1. The lowest BCUT2D eigenvalue weighted by Crippen LogP contribution is -2.27. The number of ether oxygens (including phenoxy) is 2. The van der Waals surface area contributed by atoms with Gasteiger partial charge in [0.15, 0.2) is 17.3 Å². The van der Waals surface area contributed by atoms with Crippen LogP contribution in [-0.2, 0) is 15.0 Å². The number of carbonyl (C=O) groups is 2. The SMILES string of the molecule is COc1cc2c(cc1OC)C(C)(C)CC2=C(C(=O)O)C(=O)C(C)(C)C. The Labute approximate surface area is 148 Å². The monoisotopic (exact) mass is 346 g/mol. The van der Waals surface area contributed by atoms with Crippen molar-refractivity contribution in [1.82, 2.24) is 0 Å². The number of allylic oxidation sites excluding steroid dienone is 1. The first-order valence-corrected chi connectivity index (χ1v) is 8.22. The lowest BCUT2D eigenvalue weighted by Gasteiger charge is -2.20. The molecule has 1 aliphatic carbocycles. The Morgan fingerprint density at radius 3 is 2.04 bits per heavy atom. The maximum Gasteiger partial charge on any atom is 0.339 e. The normalized spacial score (nSPS) is 17.7. The van der Waals surface area contributed by atoms with E-state index in [4.69, 9.17) is 9.47 Å². The molecule has 0 unspecified atom stereocenters. The lowest BCUT2D eigenvalue weighted by molar-refractivity contribution is -0.136. The summed E-state index contributed by atoms with van der Waals surface area (Å²) in [5.74, 6) is -0.444. The number of benzene rings is 1. The minimum atomic E-state index is -1.19. The first kappa shape index (κ1) is 19.0. The lowest BCUT2D eigenvalue weighted by atomic mass is 9.82. The van der Waals surface area contributed by atoms with E-state index >= 15 is 0 Å². The van der Waals surface area contributed by atoms with Crippen molar-refractivity contribution in [3.05, 3.63) is 28.8 Å². The number of carboxylic acid groups (broad SMARTS) is 1. The molecule has 25 heavy (non-hydrogen) atoms. The largest absolute Gasteiger partial charge is 0.493 e. The molecule has 0 spiro atoms. The molecule has 0 saturated carbocycles. The van der Waals surface area contributed by atoms with Gasteiger partial charge in [0.05, 0.1) is 14.2 Å². The van der Waals surface area contributed by atoms with E-state index in [1.807, 2.05) is 19.9 Å². The fourth-order valence-corrected chi connectivity index (χ4v) is 3.28. The number of methoxy groups -OCH3 is 2. The summed E-state index contributed by atoms with van der Waals surface area (Å²) in [7, 11) is 3.10. The Hall–Kier alpha value is -2.30. The fraction of sp³-hybridized carbons (Fsp3) is 0.500. The average molecular weight is 346 g/mol. The molecule has 0 aromatic heterocycles. The molecule has 0 radical (unpaired) electrons. The average Bonchev–Trinajstić information content (AvgIpc) is 2.75. The van der Waals surface area contributed by atoms with Crippen LogP contribution in [-0.4, -0.2) is 31.1 Å². The molecule has 0 heterocycles. The molecule has 1 aliphatic rings. The van der Waals surface area contributed by atoms with Gasteiger partial charge in [0, 0.05) is 5.41 Å². The Kier molecular flexibility index (Phi) is 4.73. The number of hydrogen-bond acceptors (Lipinski definition) is 4. The minimum Gasteiger partial charge on any atom is -0.493 e. The number of carbonyl (C=O) groups excluding carboxylic acids is 1. The van der Waals surface area contributed by atoms with Crippen LogP contribution in [0.4, 0.5) is 0 Å². The smallest absolute Gasteiger partial charge is 0.339 e. The van der Waals surface area contributed by atoms with Crippen molar-refractivity contribution >= 4 is 17.3 Å². The number of fused-ring (bicyclic) bond motifs is 1. The van der Waals surface area contributed by atoms with Crippen molar-refractivity contribution in [3.63, 3.8) is 0 Å². The summed E-state index contributed by atoms with van der Waals surface area (Å²) in [6.07, 6.45) is 0.474. The highest BCUT2D eigenvalue weighted by atomic mass is 16.5. The zero-order valence-electron chi connectivity index (χ0n) is 15.9. The summed E-state index contributed by atoms with van der Waals surface area (Å²) in [6.45, 7) is 9.26. The van der Waals surface area contributed by atoms with Crippen LogP contribution in [0.25, 0.3) is 5.57 Å². The van der Waals surface area contributed by atoms with Crippen LogP contribution >= 0.6 is 0 Å². The summed E-state index contributed by atoms with van der Waals surface area (Å²) in [6, 6.07) is 3.65. The van der Waals surface area contributed by atoms with E-state index in [2.05, 4.69) is 0 Å². The predicted octanol–water partition coefficient (Wildman–Crippen LogP) is 3.84. The van der Waals surface area contributed by atoms with Crippen molar-refractivity contribution in [2.24, 2.45) is 5.41 Å². The van der Waals surface area contributed by atoms with Crippen LogP contribution in [0, 0.1) is 5.41 Å². The number of carboxylic acids is 1. The van der Waals surface area contributed by atoms with Crippen molar-refractivity contribution in [1.29, 1.82) is 0 Å². The molecule has 5 heteroatoms. The highest BCUT2D eigenvalue weighted by molar-refractivity contribution is 6.24. The van der Waals surface area contributed by atoms with Crippen LogP contribution < -0.4 is 9.47 Å². The molecule has 1 N–H and O–H groups in total. The highest BCUT2D eigenvalue weighted by Crippen LogP contribution is 2.50. The Balaban J connectivity index is 2.82. The van der Waals surface area contributed by atoms with Crippen LogP contribution in [0.3, 0.4) is 0 Å². The molecule has 0 aliphatic heterocycles. The zero-order valence-corrected chi connectivity index (χ0v) is 15.9. The second-order valence-electron chi connectivity index (χ2n) is 8.05. The number of ketones is 1. The predicted molar refractivity (Wildman–Crippen MR) is 96.2 cm³/mol. The third kappa shape index (κ3) is 3.28. The van der Waals surface area contributed by atoms with Gasteiger partial charge in [0.25, 0.3) is 0 Å². The van der Waals surface area contributed by atoms with E-state index in [1.54, 1.807) is 33.9 Å². The van der Waals surface area contributed by atoms with Gasteiger partial charge in [0.2, 0.25) is 0 Å². The standard InChI is InChI=1S/C20H26O5/c1-19(2,3)17(21)16(18(22)23)12-10-20(4,5)13-9-15(25-7)14(24-6)8-11(12)13/h8-9H,10H2,1-7H3,(H,22,23).